The first-order valence-electron chi connectivity index (χ1n) is 22.2. The van der Waals surface area contributed by atoms with Gasteiger partial charge in [-0.2, -0.15) is 12.4 Å². The maximum Gasteiger partial charge on any atom is 1.00 e. The van der Waals surface area contributed by atoms with E-state index in [1.165, 1.54) is 47.7 Å². The van der Waals surface area contributed by atoms with E-state index in [1.54, 1.807) is 36.9 Å². The molecule has 0 unspecified atom stereocenters. The first kappa shape index (κ1) is 54.1. The summed E-state index contributed by atoms with van der Waals surface area (Å²) in [6, 6.07) is 101. The molecule has 9 aromatic carbocycles. The van der Waals surface area contributed by atoms with Crippen molar-refractivity contribution in [2.24, 2.45) is 0 Å². The molecule has 0 amide bonds. The minimum atomic E-state index is -0.877. The van der Waals surface area contributed by atoms with Crippen molar-refractivity contribution in [2.75, 3.05) is 0 Å². The molecule has 0 aliphatic heterocycles. The van der Waals surface area contributed by atoms with Gasteiger partial charge in [0, 0.05) is 12.4 Å². The number of rotatable bonds is 9. The largest absolute Gasteiger partial charge is 1.00 e. The molecule has 0 saturated heterocycles. The Morgan fingerprint density at radius 1 is 0.203 bits per heavy atom. The van der Waals surface area contributed by atoms with Crippen molar-refractivity contribution in [1.29, 1.82) is 0 Å². The normalized spacial score (nSPS) is 9.90. The monoisotopic (exact) mass is 1140 g/mol. The molecule has 0 N–H and O–H groups in total. The minimum absolute atomic E-state index is 0. The van der Waals surface area contributed by atoms with Gasteiger partial charge >= 0.3 is 44.8 Å². The van der Waals surface area contributed by atoms with Gasteiger partial charge < -0.3 is 20.4 Å². The van der Waals surface area contributed by atoms with Crippen LogP contribution in [0.3, 0.4) is 0 Å². The summed E-state index contributed by atoms with van der Waals surface area (Å²) >= 11 is 0. The predicted octanol–water partition coefficient (Wildman–Crippen LogP) is 9.60. The van der Waals surface area contributed by atoms with E-state index in [0.29, 0.717) is 0 Å². The van der Waals surface area contributed by atoms with E-state index >= 15 is 0 Å². The maximum atomic E-state index is 3.47. The van der Waals surface area contributed by atoms with E-state index in [2.05, 4.69) is 293 Å². The van der Waals surface area contributed by atoms with Crippen LogP contribution in [0.5, 0.6) is 0 Å². The van der Waals surface area contributed by atoms with E-state index in [1.807, 2.05) is 0 Å². The molecular weight excluding hydrogens is 1090 g/mol. The fraction of sp³-hybridized carbons (Fsp3) is 0. The number of nitrogens with zero attached hydrogens (tertiary/aromatic N) is 4. The molecule has 9 heteroatoms. The molecule has 0 aliphatic rings. The predicted molar refractivity (Wildman–Crippen MR) is 295 cm³/mol. The zero-order valence-electron chi connectivity index (χ0n) is 37.8. The summed E-state index contributed by atoms with van der Waals surface area (Å²) in [5.41, 5.74) is 0. The van der Waals surface area contributed by atoms with Crippen LogP contribution >= 0.6 is 23.8 Å². The van der Waals surface area contributed by atoms with Crippen molar-refractivity contribution in [3.8, 4) is 0 Å². The van der Waals surface area contributed by atoms with Crippen LogP contribution in [0.1, 0.15) is 0 Å². The van der Waals surface area contributed by atoms with E-state index < -0.39 is 23.8 Å². The summed E-state index contributed by atoms with van der Waals surface area (Å²) in [6.45, 7) is 0. The van der Waals surface area contributed by atoms with Crippen molar-refractivity contribution in [1.82, 2.24) is 20.4 Å². The number of benzene rings is 9. The van der Waals surface area contributed by atoms with Crippen LogP contribution in [0.4, 0.5) is 0 Å². The molecule has 0 bridgehead atoms. The third-order valence-corrected chi connectivity index (χ3v) is 18.5. The molecule has 2 heterocycles. The van der Waals surface area contributed by atoms with E-state index in [0.717, 1.165) is 0 Å². The number of hydrogen-bond donors (Lipinski definition) is 0. The molecule has 69 heavy (non-hydrogen) atoms. The summed E-state index contributed by atoms with van der Waals surface area (Å²) in [7, 11) is -2.63. The van der Waals surface area contributed by atoms with Crippen LogP contribution in [0.2, 0.25) is 0 Å². The van der Waals surface area contributed by atoms with Gasteiger partial charge in [0.25, 0.3) is 0 Å². The Bertz CT molecular complexity index is 2250. The minimum Gasteiger partial charge on any atom is -0.582 e. The summed E-state index contributed by atoms with van der Waals surface area (Å²) in [6.07, 6.45) is 6.56. The standard InChI is InChI=1S/3C18H15P.2C3H3N2.2Ag/c3*1-4-10-16(11-5-1)19(17-12-6-2-7-13-17)18-14-8-3-9-15-18;2*1-2-4-5-3-1;;/h3*1-15H;2*1-3H;;/q;;;2*-1;2*+1/p+3. The molecule has 348 valence electrons. The van der Waals surface area contributed by atoms with Gasteiger partial charge in [0.15, 0.2) is 0 Å². The van der Waals surface area contributed by atoms with Crippen molar-refractivity contribution in [3.63, 3.8) is 0 Å². The van der Waals surface area contributed by atoms with Crippen molar-refractivity contribution < 1.29 is 44.8 Å². The Hall–Kier alpha value is -5.83. The zero-order chi connectivity index (χ0) is 45.8. The van der Waals surface area contributed by atoms with E-state index in [4.69, 9.17) is 0 Å². The summed E-state index contributed by atoms with van der Waals surface area (Å²) < 4.78 is 0. The van der Waals surface area contributed by atoms with E-state index in [-0.39, 0.29) is 44.8 Å². The second-order valence-corrected chi connectivity index (χ2v) is 22.3. The van der Waals surface area contributed by atoms with Gasteiger partial charge in [0.1, 0.15) is 47.7 Å². The topological polar surface area (TPSA) is 54.0 Å². The van der Waals surface area contributed by atoms with Crippen molar-refractivity contribution in [2.45, 2.75) is 0 Å². The molecule has 0 atom stereocenters. The van der Waals surface area contributed by atoms with Gasteiger partial charge in [-0.25, -0.2) is 0 Å². The summed E-state index contributed by atoms with van der Waals surface area (Å²) in [4.78, 5) is 0. The third kappa shape index (κ3) is 17.9. The Labute approximate surface area is 443 Å². The molecule has 2 aromatic heterocycles. The molecule has 0 saturated carbocycles. The van der Waals surface area contributed by atoms with Crippen LogP contribution < -0.4 is 57.9 Å². The molecule has 11 rings (SSSR count). The molecule has 0 fully saturated rings. The SMILES string of the molecule is [Ag+].[Ag+].c1ccc([PH+](c2ccccc2)c2ccccc2)cc1.c1ccc([PH+](c2ccccc2)c2ccccc2)cc1.c1ccc([PH+](c2ccccc2)c2ccccc2)cc1.c1cn[n-]c1.c1cn[n-]c1. The van der Waals surface area contributed by atoms with Crippen LogP contribution in [0.15, 0.2) is 310 Å². The Morgan fingerprint density at radius 3 is 0.435 bits per heavy atom. The quantitative estimate of drug-likeness (QED) is 0.107. The summed E-state index contributed by atoms with van der Waals surface area (Å²) in [5.74, 6) is 0. The average molecular weight is 1140 g/mol. The Morgan fingerprint density at radius 2 is 0.348 bits per heavy atom. The van der Waals surface area contributed by atoms with Gasteiger partial charge in [0.2, 0.25) is 0 Å². The van der Waals surface area contributed by atoms with Gasteiger partial charge in [-0.1, -0.05) is 176 Å². The molecule has 0 radical (unpaired) electrons. The average Bonchev–Trinajstić information content (AvgIpc) is 4.22. The molecular formula is C60H54Ag2N4P3+3. The van der Waals surface area contributed by atoms with Crippen LogP contribution in [-0.4, -0.2) is 10.2 Å². The van der Waals surface area contributed by atoms with Gasteiger partial charge in [-0.05, 0) is 109 Å². The molecule has 11 aromatic rings. The second kappa shape index (κ2) is 32.1. The zero-order valence-corrected chi connectivity index (χ0v) is 43.8. The molecule has 4 nitrogen and oxygen atoms in total. The maximum absolute atomic E-state index is 3.47. The van der Waals surface area contributed by atoms with Gasteiger partial charge in [-0.15, -0.1) is 0 Å². The van der Waals surface area contributed by atoms with Crippen molar-refractivity contribution >= 4 is 71.5 Å². The first-order chi connectivity index (χ1) is 33.3. The van der Waals surface area contributed by atoms with Crippen LogP contribution in [0, 0.1) is 0 Å². The number of aromatic nitrogens is 4. The van der Waals surface area contributed by atoms with Gasteiger partial charge in [-0.3, -0.25) is 0 Å². The molecule has 0 aliphatic carbocycles. The first-order valence-corrected chi connectivity index (χ1v) is 26.7. The number of hydrogen-bond acceptors (Lipinski definition) is 2. The van der Waals surface area contributed by atoms with Crippen LogP contribution in [-0.2, 0) is 44.8 Å². The fourth-order valence-electron chi connectivity index (χ4n) is 7.33. The summed E-state index contributed by atoms with van der Waals surface area (Å²) in [5, 5.41) is 26.8. The third-order valence-electron chi connectivity index (χ3n) is 10.3. The Balaban J connectivity index is 0.000000172. The van der Waals surface area contributed by atoms with E-state index in [9.17, 15) is 0 Å². The van der Waals surface area contributed by atoms with Crippen LogP contribution in [0.25, 0.3) is 0 Å². The molecule has 0 spiro atoms. The smallest absolute Gasteiger partial charge is 0.582 e. The van der Waals surface area contributed by atoms with Gasteiger partial charge in [0.05, 0.1) is 23.8 Å². The second-order valence-electron chi connectivity index (χ2n) is 14.9. The fourth-order valence-corrected chi connectivity index (χ4v) is 15.1. The van der Waals surface area contributed by atoms with Crippen molar-refractivity contribution in [3.05, 3.63) is 310 Å². The Kier molecular flexibility index (Phi) is 25.2.